The van der Waals surface area contributed by atoms with Crippen LogP contribution >= 0.6 is 15.9 Å². The van der Waals surface area contributed by atoms with E-state index in [1.807, 2.05) is 18.2 Å². The molecule has 1 unspecified atom stereocenters. The summed E-state index contributed by atoms with van der Waals surface area (Å²) in [5.41, 5.74) is 7.40. The predicted molar refractivity (Wildman–Crippen MR) is 75.0 cm³/mol. The van der Waals surface area contributed by atoms with Crippen LogP contribution in [0, 0.1) is 0 Å². The lowest BCUT2D eigenvalue weighted by Gasteiger charge is -2.20. The molecule has 0 amide bonds. The topological polar surface area (TPSA) is 66.6 Å². The van der Waals surface area contributed by atoms with E-state index in [4.69, 9.17) is 10.8 Å². The highest BCUT2D eigenvalue weighted by Gasteiger charge is 2.20. The summed E-state index contributed by atoms with van der Waals surface area (Å²) in [7, 11) is 0. The van der Waals surface area contributed by atoms with Gasteiger partial charge in [0.15, 0.2) is 0 Å². The van der Waals surface area contributed by atoms with Crippen molar-refractivity contribution in [1.82, 2.24) is 0 Å². The molecule has 0 aliphatic carbocycles. The average molecular weight is 313 g/mol. The molecule has 5 heteroatoms. The van der Waals surface area contributed by atoms with E-state index in [-0.39, 0.29) is 6.54 Å². The normalized spacial score (nSPS) is 16.9. The summed E-state index contributed by atoms with van der Waals surface area (Å²) < 4.78 is 0.946. The third-order valence-corrected chi connectivity index (χ3v) is 3.99. The molecule has 3 N–H and O–H groups in total. The number of benzene rings is 1. The second kappa shape index (κ2) is 5.71. The molecule has 18 heavy (non-hydrogen) atoms. The standard InChI is InChI=1S/C13H17BrN2O2/c14-11-7-9(10(8-15)13(17)18)3-4-12(11)16-5-1-2-6-16/h3-4,7,10H,1-2,5-6,8,15H2,(H,17,18). The molecule has 0 radical (unpaired) electrons. The van der Waals surface area contributed by atoms with Crippen LogP contribution in [0.4, 0.5) is 5.69 Å². The minimum atomic E-state index is -0.877. The van der Waals surface area contributed by atoms with E-state index in [0.29, 0.717) is 0 Å². The van der Waals surface area contributed by atoms with E-state index < -0.39 is 11.9 Å². The first-order chi connectivity index (χ1) is 8.63. The Morgan fingerprint density at radius 1 is 1.44 bits per heavy atom. The molecular formula is C13H17BrN2O2. The third-order valence-electron chi connectivity index (χ3n) is 3.35. The van der Waals surface area contributed by atoms with Gasteiger partial charge in [-0.25, -0.2) is 0 Å². The predicted octanol–water partition coefficient (Wildman–Crippen LogP) is 2.18. The van der Waals surface area contributed by atoms with Crippen LogP contribution in [0.25, 0.3) is 0 Å². The molecule has 98 valence electrons. The summed E-state index contributed by atoms with van der Waals surface area (Å²) >= 11 is 3.53. The number of nitrogens with two attached hydrogens (primary N) is 1. The van der Waals surface area contributed by atoms with Crippen molar-refractivity contribution < 1.29 is 9.90 Å². The second-order valence-corrected chi connectivity index (χ2v) is 5.39. The number of hydrogen-bond acceptors (Lipinski definition) is 3. The van der Waals surface area contributed by atoms with Crippen molar-refractivity contribution in [2.24, 2.45) is 5.73 Å². The molecule has 1 aliphatic heterocycles. The fraction of sp³-hybridized carbons (Fsp3) is 0.462. The van der Waals surface area contributed by atoms with Gasteiger partial charge in [-0.3, -0.25) is 4.79 Å². The quantitative estimate of drug-likeness (QED) is 0.894. The van der Waals surface area contributed by atoms with Crippen LogP contribution in [0.5, 0.6) is 0 Å². The maximum atomic E-state index is 11.1. The SMILES string of the molecule is NCC(C(=O)O)c1ccc(N2CCCC2)c(Br)c1. The van der Waals surface area contributed by atoms with Gasteiger partial charge in [-0.2, -0.15) is 0 Å². The maximum absolute atomic E-state index is 11.1. The molecule has 0 bridgehead atoms. The molecule has 1 aromatic carbocycles. The summed E-state index contributed by atoms with van der Waals surface area (Å²) in [6, 6.07) is 5.72. The van der Waals surface area contributed by atoms with E-state index in [1.54, 1.807) is 0 Å². The highest BCUT2D eigenvalue weighted by molar-refractivity contribution is 9.10. The Morgan fingerprint density at radius 2 is 2.11 bits per heavy atom. The summed E-state index contributed by atoms with van der Waals surface area (Å²) in [5.74, 6) is -1.51. The van der Waals surface area contributed by atoms with Gasteiger partial charge in [0.1, 0.15) is 0 Å². The molecule has 4 nitrogen and oxygen atoms in total. The van der Waals surface area contributed by atoms with Crippen LogP contribution in [0.3, 0.4) is 0 Å². The van der Waals surface area contributed by atoms with Crippen molar-refractivity contribution in [3.63, 3.8) is 0 Å². The number of carbonyl (C=O) groups is 1. The molecule has 1 aromatic rings. The summed E-state index contributed by atoms with van der Waals surface area (Å²) in [6.07, 6.45) is 2.43. The first-order valence-corrected chi connectivity index (χ1v) is 6.90. The molecule has 1 heterocycles. The molecule has 1 fully saturated rings. The number of hydrogen-bond donors (Lipinski definition) is 2. The van der Waals surface area contributed by atoms with Crippen molar-refractivity contribution in [2.75, 3.05) is 24.5 Å². The number of carboxylic acids is 1. The molecule has 1 aliphatic rings. The van der Waals surface area contributed by atoms with E-state index in [9.17, 15) is 4.79 Å². The van der Waals surface area contributed by atoms with Gasteiger partial charge >= 0.3 is 5.97 Å². The Bertz CT molecular complexity index is 445. The lowest BCUT2D eigenvalue weighted by atomic mass is 9.99. The number of carboxylic acid groups (broad SMARTS) is 1. The largest absolute Gasteiger partial charge is 0.481 e. The van der Waals surface area contributed by atoms with E-state index in [2.05, 4.69) is 20.8 Å². The fourth-order valence-corrected chi connectivity index (χ4v) is 2.98. The summed E-state index contributed by atoms with van der Waals surface area (Å²) in [5, 5.41) is 9.09. The Labute approximate surface area is 115 Å². The van der Waals surface area contributed by atoms with Crippen LogP contribution in [-0.4, -0.2) is 30.7 Å². The molecule has 0 spiro atoms. The zero-order chi connectivity index (χ0) is 13.1. The number of nitrogens with zero attached hydrogens (tertiary/aromatic N) is 1. The Kier molecular flexibility index (Phi) is 4.24. The molecule has 0 saturated carbocycles. The van der Waals surface area contributed by atoms with E-state index in [0.717, 1.165) is 28.8 Å². The van der Waals surface area contributed by atoms with Crippen molar-refractivity contribution in [2.45, 2.75) is 18.8 Å². The van der Waals surface area contributed by atoms with Crippen LogP contribution in [0.2, 0.25) is 0 Å². The second-order valence-electron chi connectivity index (χ2n) is 4.53. The first kappa shape index (κ1) is 13.4. The Hall–Kier alpha value is -1.07. The molecule has 1 atom stereocenters. The summed E-state index contributed by atoms with van der Waals surface area (Å²) in [6.45, 7) is 2.25. The number of aliphatic carboxylic acids is 1. The fourth-order valence-electron chi connectivity index (χ4n) is 2.33. The van der Waals surface area contributed by atoms with Crippen molar-refractivity contribution >= 4 is 27.6 Å². The van der Waals surface area contributed by atoms with Crippen LogP contribution in [0.15, 0.2) is 22.7 Å². The zero-order valence-corrected chi connectivity index (χ0v) is 11.7. The van der Waals surface area contributed by atoms with Gasteiger partial charge < -0.3 is 15.7 Å². The van der Waals surface area contributed by atoms with Gasteiger partial charge in [-0.1, -0.05) is 6.07 Å². The van der Waals surface area contributed by atoms with Crippen LogP contribution < -0.4 is 10.6 Å². The van der Waals surface area contributed by atoms with Gasteiger partial charge in [0.25, 0.3) is 0 Å². The summed E-state index contributed by atoms with van der Waals surface area (Å²) in [4.78, 5) is 13.4. The lowest BCUT2D eigenvalue weighted by Crippen LogP contribution is -2.22. The molecule has 1 saturated heterocycles. The molecular weight excluding hydrogens is 296 g/mol. The van der Waals surface area contributed by atoms with Crippen molar-refractivity contribution in [3.05, 3.63) is 28.2 Å². The van der Waals surface area contributed by atoms with Gasteiger partial charge in [-0.15, -0.1) is 0 Å². The highest BCUT2D eigenvalue weighted by Crippen LogP contribution is 2.31. The van der Waals surface area contributed by atoms with Gasteiger partial charge in [-0.05, 0) is 46.5 Å². The van der Waals surface area contributed by atoms with Crippen molar-refractivity contribution in [3.8, 4) is 0 Å². The molecule has 2 rings (SSSR count). The monoisotopic (exact) mass is 312 g/mol. The molecule has 0 aromatic heterocycles. The lowest BCUT2D eigenvalue weighted by molar-refractivity contribution is -0.138. The van der Waals surface area contributed by atoms with Crippen LogP contribution in [-0.2, 0) is 4.79 Å². The minimum absolute atomic E-state index is 0.116. The number of halogens is 1. The number of rotatable bonds is 4. The average Bonchev–Trinajstić information content (AvgIpc) is 2.83. The first-order valence-electron chi connectivity index (χ1n) is 6.10. The zero-order valence-electron chi connectivity index (χ0n) is 10.1. The van der Waals surface area contributed by atoms with Gasteiger partial charge in [0.2, 0.25) is 0 Å². The van der Waals surface area contributed by atoms with E-state index in [1.165, 1.54) is 12.8 Å². The Morgan fingerprint density at radius 3 is 2.61 bits per heavy atom. The van der Waals surface area contributed by atoms with Crippen LogP contribution in [0.1, 0.15) is 24.3 Å². The smallest absolute Gasteiger partial charge is 0.312 e. The minimum Gasteiger partial charge on any atom is -0.481 e. The Balaban J connectivity index is 2.26. The maximum Gasteiger partial charge on any atom is 0.312 e. The van der Waals surface area contributed by atoms with E-state index >= 15 is 0 Å². The third kappa shape index (κ3) is 2.67. The number of anilines is 1. The van der Waals surface area contributed by atoms with Crippen molar-refractivity contribution in [1.29, 1.82) is 0 Å². The van der Waals surface area contributed by atoms with Gasteiger partial charge in [0.05, 0.1) is 11.6 Å². The van der Waals surface area contributed by atoms with Gasteiger partial charge in [0, 0.05) is 24.1 Å². The highest BCUT2D eigenvalue weighted by atomic mass is 79.9.